The molecule has 1 amide bonds. The molecule has 2 aliphatic carbocycles. The first-order valence-electron chi connectivity index (χ1n) is 14.0. The summed E-state index contributed by atoms with van der Waals surface area (Å²) in [7, 11) is 0. The number of hydrogen-bond donors (Lipinski definition) is 1. The number of halogens is 2. The van der Waals surface area contributed by atoms with Crippen molar-refractivity contribution in [1.82, 2.24) is 15.1 Å². The van der Waals surface area contributed by atoms with Crippen molar-refractivity contribution in [2.75, 3.05) is 11.4 Å². The first-order chi connectivity index (χ1) is 19.6. The first kappa shape index (κ1) is 27.7. The summed E-state index contributed by atoms with van der Waals surface area (Å²) in [5.74, 6) is -2.77. The highest BCUT2D eigenvalue weighted by atomic mass is 32.1. The summed E-state index contributed by atoms with van der Waals surface area (Å²) in [4.78, 5) is 24.0. The molecule has 2 aromatic carbocycles. The molecular weight excluding hydrogens is 546 g/mol. The van der Waals surface area contributed by atoms with Crippen molar-refractivity contribution in [2.45, 2.75) is 69.3 Å². The van der Waals surface area contributed by atoms with Gasteiger partial charge < -0.3 is 14.5 Å². The van der Waals surface area contributed by atoms with Crippen molar-refractivity contribution in [3.8, 4) is 11.1 Å². The van der Waals surface area contributed by atoms with E-state index < -0.39 is 30.3 Å². The van der Waals surface area contributed by atoms with Crippen LogP contribution in [0.5, 0.6) is 0 Å². The summed E-state index contributed by atoms with van der Waals surface area (Å²) in [6, 6.07) is 13.7. The van der Waals surface area contributed by atoms with Gasteiger partial charge in [0.2, 0.25) is 11.8 Å². The molecule has 10 heteroatoms. The van der Waals surface area contributed by atoms with Crippen LogP contribution in [0.3, 0.4) is 0 Å². The Morgan fingerprint density at radius 1 is 1.20 bits per heavy atom. The van der Waals surface area contributed by atoms with Crippen molar-refractivity contribution in [1.29, 1.82) is 0 Å². The number of carbonyl (C=O) groups is 1. The molecule has 2 aliphatic rings. The Morgan fingerprint density at radius 3 is 2.71 bits per heavy atom. The van der Waals surface area contributed by atoms with Crippen LogP contribution in [0.25, 0.3) is 21.3 Å². The standard InChI is InChI=1S/C31H32F2N4O3S/c1-3-30(39,29-35-27(36-40-29)20-9-10-20)13-4-5-14-37(28(38)23-17-31(32,33)18-23)24-8-6-7-21(15-24)22-11-12-25-26(16-22)41-19(2)34-25/h3,6-8,11-12,15-16,20,23,39H,1,4-5,9-10,13-14,17-18H2,2H3. The van der Waals surface area contributed by atoms with Gasteiger partial charge in [0, 0.05) is 36.9 Å². The first-order valence-corrected chi connectivity index (χ1v) is 14.8. The lowest BCUT2D eigenvalue weighted by Gasteiger charge is -2.37. The molecule has 214 valence electrons. The van der Waals surface area contributed by atoms with Crippen LogP contribution in [-0.2, 0) is 10.4 Å². The minimum Gasteiger partial charge on any atom is -0.376 e. The number of hydrogen-bond acceptors (Lipinski definition) is 7. The van der Waals surface area contributed by atoms with E-state index in [-0.39, 0.29) is 18.2 Å². The zero-order valence-corrected chi connectivity index (χ0v) is 23.7. The maximum atomic E-state index is 13.7. The topological polar surface area (TPSA) is 92.3 Å². The van der Waals surface area contributed by atoms with Gasteiger partial charge in [0.05, 0.1) is 15.2 Å². The Hall–Kier alpha value is -3.50. The van der Waals surface area contributed by atoms with Gasteiger partial charge in [-0.2, -0.15) is 4.98 Å². The number of benzene rings is 2. The molecule has 7 nitrogen and oxygen atoms in total. The maximum absolute atomic E-state index is 13.7. The number of rotatable bonds is 11. The largest absolute Gasteiger partial charge is 0.376 e. The average Bonchev–Trinajstić information content (AvgIpc) is 3.54. The van der Waals surface area contributed by atoms with Crippen molar-refractivity contribution < 1.29 is 23.2 Å². The van der Waals surface area contributed by atoms with E-state index in [2.05, 4.69) is 27.8 Å². The van der Waals surface area contributed by atoms with Gasteiger partial charge in [-0.1, -0.05) is 36.0 Å². The number of fused-ring (bicyclic) bond motifs is 1. The second-order valence-corrected chi connectivity index (χ2v) is 12.5. The molecule has 1 N–H and O–H groups in total. The minimum atomic E-state index is -2.79. The zero-order valence-electron chi connectivity index (χ0n) is 22.9. The minimum absolute atomic E-state index is 0.125. The van der Waals surface area contributed by atoms with Gasteiger partial charge in [-0.25, -0.2) is 13.8 Å². The fourth-order valence-corrected chi connectivity index (χ4v) is 6.24. The second-order valence-electron chi connectivity index (χ2n) is 11.2. The summed E-state index contributed by atoms with van der Waals surface area (Å²) in [5.41, 5.74) is 2.05. The van der Waals surface area contributed by atoms with E-state index >= 15 is 0 Å². The number of anilines is 1. The van der Waals surface area contributed by atoms with Crippen LogP contribution in [0.4, 0.5) is 14.5 Å². The van der Waals surface area contributed by atoms with Gasteiger partial charge in [0.25, 0.3) is 5.89 Å². The molecule has 0 aliphatic heterocycles. The van der Waals surface area contributed by atoms with Gasteiger partial charge in [-0.05, 0) is 74.4 Å². The van der Waals surface area contributed by atoms with E-state index in [0.717, 1.165) is 39.2 Å². The molecule has 41 heavy (non-hydrogen) atoms. The summed E-state index contributed by atoms with van der Waals surface area (Å²) < 4.78 is 33.8. The molecule has 4 aromatic rings. The quantitative estimate of drug-likeness (QED) is 0.150. The highest BCUT2D eigenvalue weighted by molar-refractivity contribution is 7.18. The number of thiazole rings is 1. The third-order valence-electron chi connectivity index (χ3n) is 7.97. The molecule has 0 radical (unpaired) electrons. The monoisotopic (exact) mass is 578 g/mol. The predicted octanol–water partition coefficient (Wildman–Crippen LogP) is 7.15. The van der Waals surface area contributed by atoms with Crippen LogP contribution < -0.4 is 4.90 Å². The van der Waals surface area contributed by atoms with E-state index in [1.807, 2.05) is 43.3 Å². The lowest BCUT2D eigenvalue weighted by Crippen LogP contribution is -2.47. The van der Waals surface area contributed by atoms with Crippen LogP contribution >= 0.6 is 11.3 Å². The molecule has 1 atom stereocenters. The summed E-state index contributed by atoms with van der Waals surface area (Å²) in [6.07, 6.45) is 3.91. The van der Waals surface area contributed by atoms with Gasteiger partial charge in [-0.15, -0.1) is 11.3 Å². The van der Waals surface area contributed by atoms with Crippen molar-refractivity contribution in [3.63, 3.8) is 0 Å². The van der Waals surface area contributed by atoms with Crippen LogP contribution in [-0.4, -0.2) is 38.6 Å². The maximum Gasteiger partial charge on any atom is 0.262 e. The SMILES string of the molecule is C=CC(O)(CCCCN(C(=O)C1CC(F)(F)C1)c1cccc(-c2ccc3nc(C)sc3c2)c1)c1nc(C2CC2)no1. The Labute approximate surface area is 240 Å². The van der Waals surface area contributed by atoms with Crippen LogP contribution in [0, 0.1) is 12.8 Å². The highest BCUT2D eigenvalue weighted by Gasteiger charge is 2.50. The van der Waals surface area contributed by atoms with Crippen LogP contribution in [0.2, 0.25) is 0 Å². The van der Waals surface area contributed by atoms with Crippen LogP contribution in [0.1, 0.15) is 67.6 Å². The lowest BCUT2D eigenvalue weighted by atomic mass is 9.80. The molecule has 1 unspecified atom stereocenters. The number of carbonyl (C=O) groups excluding carboxylic acids is 1. The zero-order chi connectivity index (χ0) is 28.8. The van der Waals surface area contributed by atoms with E-state index in [1.54, 1.807) is 16.2 Å². The van der Waals surface area contributed by atoms with Gasteiger partial charge in [0.15, 0.2) is 11.4 Å². The summed E-state index contributed by atoms with van der Waals surface area (Å²) >= 11 is 1.62. The normalized spacial score (nSPS) is 18.1. The van der Waals surface area contributed by atoms with Crippen molar-refractivity contribution in [2.24, 2.45) is 5.92 Å². The molecule has 0 bridgehead atoms. The fourth-order valence-electron chi connectivity index (χ4n) is 5.37. The van der Waals surface area contributed by atoms with E-state index in [9.17, 15) is 18.7 Å². The van der Waals surface area contributed by atoms with Crippen molar-refractivity contribution >= 4 is 33.1 Å². The molecule has 6 rings (SSSR count). The smallest absolute Gasteiger partial charge is 0.262 e. The third-order valence-corrected chi connectivity index (χ3v) is 8.91. The Balaban J connectivity index is 1.19. The molecule has 2 heterocycles. The summed E-state index contributed by atoms with van der Waals surface area (Å²) in [6.45, 7) is 6.06. The Kier molecular flexibility index (Phi) is 7.23. The second kappa shape index (κ2) is 10.7. The lowest BCUT2D eigenvalue weighted by molar-refractivity contribution is -0.147. The number of aromatic nitrogens is 3. The van der Waals surface area contributed by atoms with Gasteiger partial charge in [0.1, 0.15) is 0 Å². The van der Waals surface area contributed by atoms with E-state index in [0.29, 0.717) is 36.8 Å². The molecule has 0 saturated heterocycles. The Morgan fingerprint density at radius 2 is 1.98 bits per heavy atom. The number of alkyl halides is 2. The van der Waals surface area contributed by atoms with E-state index in [1.165, 1.54) is 6.08 Å². The molecular formula is C31H32F2N4O3S. The van der Waals surface area contributed by atoms with Gasteiger partial charge >= 0.3 is 0 Å². The Bertz CT molecular complexity index is 1590. The van der Waals surface area contributed by atoms with Gasteiger partial charge in [-0.3, -0.25) is 4.79 Å². The van der Waals surface area contributed by atoms with E-state index in [4.69, 9.17) is 4.52 Å². The summed E-state index contributed by atoms with van der Waals surface area (Å²) in [5, 5.41) is 16.1. The number of unbranched alkanes of at least 4 members (excludes halogenated alkanes) is 1. The molecule has 0 spiro atoms. The number of amides is 1. The number of aryl methyl sites for hydroxylation is 1. The number of nitrogens with zero attached hydrogens (tertiary/aromatic N) is 4. The van der Waals surface area contributed by atoms with Crippen molar-refractivity contribution in [3.05, 3.63) is 71.8 Å². The fraction of sp³-hybridized carbons (Fsp3) is 0.419. The average molecular weight is 579 g/mol. The molecule has 2 fully saturated rings. The highest BCUT2D eigenvalue weighted by Crippen LogP contribution is 2.44. The predicted molar refractivity (Wildman–Crippen MR) is 154 cm³/mol. The third kappa shape index (κ3) is 5.81. The molecule has 2 aromatic heterocycles. The number of aliphatic hydroxyl groups is 1. The van der Waals surface area contributed by atoms with Crippen LogP contribution in [0.15, 0.2) is 59.6 Å². The molecule has 2 saturated carbocycles.